The van der Waals surface area contributed by atoms with E-state index in [9.17, 15) is 23.3 Å². The molecule has 2 aromatic rings. The molecule has 8 nitrogen and oxygen atoms in total. The van der Waals surface area contributed by atoms with E-state index in [-0.39, 0.29) is 21.8 Å². The topological polar surface area (TPSA) is 118 Å². The van der Waals surface area contributed by atoms with Crippen LogP contribution in [0.4, 0.5) is 11.4 Å². The minimum atomic E-state index is -3.72. The number of carbonyl (C=O) groups excluding carboxylic acids is 1. The second-order valence-electron chi connectivity index (χ2n) is 5.39. The van der Waals surface area contributed by atoms with E-state index in [1.165, 1.54) is 37.4 Å². The Kier molecular flexibility index (Phi) is 5.19. The normalized spacial score (nSPS) is 11.2. The van der Waals surface area contributed by atoms with Gasteiger partial charge in [-0.1, -0.05) is 6.07 Å². The van der Waals surface area contributed by atoms with Crippen LogP contribution in [0.25, 0.3) is 0 Å². The number of nitrogens with zero attached hydrogens (tertiary/aromatic N) is 1. The van der Waals surface area contributed by atoms with E-state index in [2.05, 4.69) is 10.0 Å². The number of rotatable bonds is 5. The molecule has 25 heavy (non-hydrogen) atoms. The summed E-state index contributed by atoms with van der Waals surface area (Å²) in [5, 5.41) is 13.3. The number of aryl methyl sites for hydroxylation is 1. The molecule has 0 radical (unpaired) electrons. The van der Waals surface area contributed by atoms with Gasteiger partial charge in [-0.15, -0.1) is 0 Å². The van der Waals surface area contributed by atoms with Crippen LogP contribution >= 0.6 is 0 Å². The first-order chi connectivity index (χ1) is 11.7. The zero-order valence-electron chi connectivity index (χ0n) is 13.9. The van der Waals surface area contributed by atoms with E-state index in [0.717, 1.165) is 0 Å². The maximum absolute atomic E-state index is 12.4. The largest absolute Gasteiger partial charge is 0.322 e. The second-order valence-corrected chi connectivity index (χ2v) is 7.24. The molecule has 0 saturated heterocycles. The number of nitro benzene ring substituents is 1. The molecule has 0 fully saturated rings. The van der Waals surface area contributed by atoms with E-state index in [1.807, 2.05) is 0 Å². The Morgan fingerprint density at radius 1 is 1.16 bits per heavy atom. The number of anilines is 1. The molecule has 9 heteroatoms. The molecular formula is C16H17N3O5S. The lowest BCUT2D eigenvalue weighted by molar-refractivity contribution is -0.384. The minimum absolute atomic E-state index is 0.0131. The summed E-state index contributed by atoms with van der Waals surface area (Å²) in [6, 6.07) is 8.34. The van der Waals surface area contributed by atoms with Crippen LogP contribution in [0.5, 0.6) is 0 Å². The molecular weight excluding hydrogens is 346 g/mol. The average molecular weight is 363 g/mol. The van der Waals surface area contributed by atoms with Crippen LogP contribution < -0.4 is 10.0 Å². The van der Waals surface area contributed by atoms with Gasteiger partial charge in [-0.2, -0.15) is 0 Å². The first kappa shape index (κ1) is 18.6. The van der Waals surface area contributed by atoms with Gasteiger partial charge in [-0.05, 0) is 50.2 Å². The monoisotopic (exact) mass is 363 g/mol. The fraction of sp³-hybridized carbons (Fsp3) is 0.188. The summed E-state index contributed by atoms with van der Waals surface area (Å²) in [6.07, 6.45) is 0. The fourth-order valence-electron chi connectivity index (χ4n) is 2.25. The lowest BCUT2D eigenvalue weighted by Crippen LogP contribution is -2.21. The van der Waals surface area contributed by atoms with Crippen LogP contribution in [0.2, 0.25) is 0 Å². The summed E-state index contributed by atoms with van der Waals surface area (Å²) in [7, 11) is -2.43. The summed E-state index contributed by atoms with van der Waals surface area (Å²) in [6.45, 7) is 3.36. The lowest BCUT2D eigenvalue weighted by Gasteiger charge is -2.12. The van der Waals surface area contributed by atoms with Crippen molar-refractivity contribution in [1.82, 2.24) is 4.72 Å². The van der Waals surface area contributed by atoms with Crippen molar-refractivity contribution in [2.75, 3.05) is 12.4 Å². The van der Waals surface area contributed by atoms with Crippen molar-refractivity contribution >= 4 is 27.3 Å². The molecule has 0 aliphatic carbocycles. The number of hydrogen-bond donors (Lipinski definition) is 2. The molecule has 0 aliphatic heterocycles. The standard InChI is InChI=1S/C16H17N3O5S/c1-10-7-12(8-15(11(10)2)25(23,24)17-3)16(20)18-13-5-4-6-14(9-13)19(21)22/h4-9,17H,1-3H3,(H,18,20). The molecule has 0 aliphatic rings. The molecule has 2 rings (SSSR count). The van der Waals surface area contributed by atoms with Crippen molar-refractivity contribution in [2.24, 2.45) is 0 Å². The molecule has 0 bridgehead atoms. The Morgan fingerprint density at radius 3 is 2.44 bits per heavy atom. The van der Waals surface area contributed by atoms with Gasteiger partial charge in [0.15, 0.2) is 0 Å². The highest BCUT2D eigenvalue weighted by molar-refractivity contribution is 7.89. The molecule has 0 spiro atoms. The summed E-state index contributed by atoms with van der Waals surface area (Å²) in [4.78, 5) is 22.7. The van der Waals surface area contributed by atoms with Gasteiger partial charge in [0, 0.05) is 23.4 Å². The number of benzene rings is 2. The molecule has 0 heterocycles. The van der Waals surface area contributed by atoms with Gasteiger partial charge in [0.05, 0.1) is 9.82 Å². The van der Waals surface area contributed by atoms with E-state index in [4.69, 9.17) is 0 Å². The molecule has 0 aromatic heterocycles. The number of hydrogen-bond acceptors (Lipinski definition) is 5. The smallest absolute Gasteiger partial charge is 0.271 e. The Balaban J connectivity index is 2.40. The summed E-state index contributed by atoms with van der Waals surface area (Å²) in [5.74, 6) is -0.559. The number of nitrogens with one attached hydrogen (secondary N) is 2. The Hall–Kier alpha value is -2.78. The van der Waals surface area contributed by atoms with Crippen LogP contribution in [-0.2, 0) is 10.0 Å². The molecule has 0 unspecified atom stereocenters. The number of carbonyl (C=O) groups is 1. The van der Waals surface area contributed by atoms with Crippen LogP contribution in [0.15, 0.2) is 41.3 Å². The summed E-state index contributed by atoms with van der Waals surface area (Å²) in [5.41, 5.74) is 1.41. The zero-order valence-corrected chi connectivity index (χ0v) is 14.7. The SMILES string of the molecule is CNS(=O)(=O)c1cc(C(=O)Nc2cccc([N+](=O)[O-])c2)cc(C)c1C. The first-order valence-electron chi connectivity index (χ1n) is 7.26. The van der Waals surface area contributed by atoms with Crippen LogP contribution in [0.1, 0.15) is 21.5 Å². The van der Waals surface area contributed by atoms with Crippen molar-refractivity contribution in [2.45, 2.75) is 18.7 Å². The third-order valence-corrected chi connectivity index (χ3v) is 5.30. The highest BCUT2D eigenvalue weighted by Crippen LogP contribution is 2.23. The summed E-state index contributed by atoms with van der Waals surface area (Å²) >= 11 is 0. The van der Waals surface area contributed by atoms with Crippen LogP contribution in [0, 0.1) is 24.0 Å². The van der Waals surface area contributed by atoms with Crippen molar-refractivity contribution in [1.29, 1.82) is 0 Å². The van der Waals surface area contributed by atoms with Gasteiger partial charge in [0.25, 0.3) is 11.6 Å². The molecule has 0 atom stereocenters. The highest BCUT2D eigenvalue weighted by Gasteiger charge is 2.19. The maximum atomic E-state index is 12.4. The van der Waals surface area contributed by atoms with Gasteiger partial charge in [-0.25, -0.2) is 13.1 Å². The highest BCUT2D eigenvalue weighted by atomic mass is 32.2. The van der Waals surface area contributed by atoms with Crippen molar-refractivity contribution in [3.63, 3.8) is 0 Å². The third kappa shape index (κ3) is 4.01. The van der Waals surface area contributed by atoms with Gasteiger partial charge in [0.1, 0.15) is 0 Å². The third-order valence-electron chi connectivity index (χ3n) is 3.75. The van der Waals surface area contributed by atoms with Crippen LogP contribution in [-0.4, -0.2) is 26.3 Å². The average Bonchev–Trinajstić information content (AvgIpc) is 2.57. The van der Waals surface area contributed by atoms with Gasteiger partial charge in [-0.3, -0.25) is 14.9 Å². The predicted octanol–water partition coefficient (Wildman–Crippen LogP) is 2.37. The van der Waals surface area contributed by atoms with Crippen molar-refractivity contribution < 1.29 is 18.1 Å². The van der Waals surface area contributed by atoms with Crippen LogP contribution in [0.3, 0.4) is 0 Å². The van der Waals surface area contributed by atoms with Gasteiger partial charge < -0.3 is 5.32 Å². The predicted molar refractivity (Wildman–Crippen MR) is 93.2 cm³/mol. The van der Waals surface area contributed by atoms with E-state index >= 15 is 0 Å². The lowest BCUT2D eigenvalue weighted by atomic mass is 10.1. The Bertz CT molecular complexity index is 954. The Morgan fingerprint density at radius 2 is 1.84 bits per heavy atom. The molecule has 2 N–H and O–H groups in total. The minimum Gasteiger partial charge on any atom is -0.322 e. The summed E-state index contributed by atoms with van der Waals surface area (Å²) < 4.78 is 26.4. The molecule has 132 valence electrons. The van der Waals surface area contributed by atoms with Gasteiger partial charge in [0.2, 0.25) is 10.0 Å². The number of amides is 1. The van der Waals surface area contributed by atoms with Gasteiger partial charge >= 0.3 is 0 Å². The molecule has 0 saturated carbocycles. The number of sulfonamides is 1. The molecule has 1 amide bonds. The first-order valence-corrected chi connectivity index (χ1v) is 8.74. The number of non-ortho nitro benzene ring substituents is 1. The van der Waals surface area contributed by atoms with Crippen molar-refractivity contribution in [3.8, 4) is 0 Å². The maximum Gasteiger partial charge on any atom is 0.271 e. The van der Waals surface area contributed by atoms with Crippen molar-refractivity contribution in [3.05, 3.63) is 63.2 Å². The number of nitro groups is 1. The van der Waals surface area contributed by atoms with E-state index in [0.29, 0.717) is 11.1 Å². The second kappa shape index (κ2) is 6.99. The fourth-order valence-corrected chi connectivity index (χ4v) is 3.31. The molecule has 2 aromatic carbocycles. The Labute approximate surface area is 145 Å². The van der Waals surface area contributed by atoms with E-state index in [1.54, 1.807) is 19.9 Å². The zero-order chi connectivity index (χ0) is 18.8. The van der Waals surface area contributed by atoms with E-state index < -0.39 is 20.9 Å². The quantitative estimate of drug-likeness (QED) is 0.624.